The number of halogens is 1. The van der Waals surface area contributed by atoms with E-state index < -0.39 is 6.10 Å². The summed E-state index contributed by atoms with van der Waals surface area (Å²) in [6, 6.07) is 2.92. The molecule has 1 atom stereocenters. The number of aryl methyl sites for hydroxylation is 1. The molecule has 1 aromatic carbocycles. The lowest BCUT2D eigenvalue weighted by Crippen LogP contribution is -2.23. The van der Waals surface area contributed by atoms with Crippen molar-refractivity contribution in [1.29, 1.82) is 0 Å². The first kappa shape index (κ1) is 12.3. The Morgan fingerprint density at radius 2 is 2.20 bits per heavy atom. The highest BCUT2D eigenvalue weighted by Gasteiger charge is 2.06. The van der Waals surface area contributed by atoms with Crippen LogP contribution in [0.3, 0.4) is 0 Å². The van der Waals surface area contributed by atoms with Gasteiger partial charge in [-0.05, 0) is 24.6 Å². The Morgan fingerprint density at radius 1 is 1.53 bits per heavy atom. The third-order valence-corrected chi connectivity index (χ3v) is 2.39. The summed E-state index contributed by atoms with van der Waals surface area (Å²) in [5, 5.41) is 20.5. The van der Waals surface area contributed by atoms with Gasteiger partial charge in [0, 0.05) is 11.4 Å². The van der Waals surface area contributed by atoms with Gasteiger partial charge in [-0.2, -0.15) is 0 Å². The van der Waals surface area contributed by atoms with Crippen LogP contribution in [0.1, 0.15) is 5.56 Å². The van der Waals surface area contributed by atoms with Gasteiger partial charge in [0.15, 0.2) is 0 Å². The lowest BCUT2D eigenvalue weighted by molar-refractivity contribution is 0.105. The van der Waals surface area contributed by atoms with Crippen LogP contribution in [0.2, 0.25) is 0 Å². The molecule has 84 valence electrons. The Morgan fingerprint density at radius 3 is 2.80 bits per heavy atom. The molecule has 0 aromatic heterocycles. The second-order valence-electron chi connectivity index (χ2n) is 3.34. The van der Waals surface area contributed by atoms with E-state index in [9.17, 15) is 4.39 Å². The van der Waals surface area contributed by atoms with Gasteiger partial charge < -0.3 is 15.5 Å². The van der Waals surface area contributed by atoms with Crippen molar-refractivity contribution in [1.82, 2.24) is 0 Å². The molecule has 0 spiro atoms. The van der Waals surface area contributed by atoms with Gasteiger partial charge in [0.05, 0.1) is 18.4 Å². The topological polar surface area (TPSA) is 52.5 Å². The van der Waals surface area contributed by atoms with E-state index in [2.05, 4.69) is 17.9 Å². The van der Waals surface area contributed by atoms with Crippen molar-refractivity contribution < 1.29 is 14.6 Å². The van der Waals surface area contributed by atoms with Gasteiger partial charge >= 0.3 is 0 Å². The molecule has 0 heterocycles. The Balaban J connectivity index is 2.73. The normalized spacial score (nSPS) is 12.6. The number of nitrogens with one attached hydrogen (secondary N) is 1. The number of aliphatic hydroxyl groups is 2. The summed E-state index contributed by atoms with van der Waals surface area (Å²) < 4.78 is 13.2. The van der Waals surface area contributed by atoms with E-state index >= 15 is 0 Å². The summed E-state index contributed by atoms with van der Waals surface area (Å²) >= 11 is 4.17. The molecule has 15 heavy (non-hydrogen) atoms. The summed E-state index contributed by atoms with van der Waals surface area (Å²) in [5.41, 5.74) is 1.03. The molecule has 0 aliphatic carbocycles. The molecule has 1 aromatic rings. The minimum Gasteiger partial charge on any atom is -0.394 e. The molecule has 0 saturated carbocycles. The number of hydrogen-bond acceptors (Lipinski definition) is 4. The summed E-state index contributed by atoms with van der Waals surface area (Å²) in [4.78, 5) is 0.610. The zero-order valence-electron chi connectivity index (χ0n) is 8.37. The van der Waals surface area contributed by atoms with Crippen molar-refractivity contribution in [2.24, 2.45) is 0 Å². The first-order valence-electron chi connectivity index (χ1n) is 4.56. The van der Waals surface area contributed by atoms with Gasteiger partial charge in [0.25, 0.3) is 0 Å². The summed E-state index contributed by atoms with van der Waals surface area (Å²) in [5.74, 6) is -0.325. The van der Waals surface area contributed by atoms with E-state index in [0.29, 0.717) is 16.1 Å². The molecule has 0 amide bonds. The van der Waals surface area contributed by atoms with E-state index in [0.717, 1.165) is 0 Å². The molecule has 3 nitrogen and oxygen atoms in total. The highest BCUT2D eigenvalue weighted by Crippen LogP contribution is 2.23. The molecule has 0 aliphatic heterocycles. The van der Waals surface area contributed by atoms with Crippen LogP contribution in [-0.4, -0.2) is 29.5 Å². The quantitative estimate of drug-likeness (QED) is 0.589. The lowest BCUT2D eigenvalue weighted by atomic mass is 10.2. The largest absolute Gasteiger partial charge is 0.394 e. The SMILES string of the molecule is Cc1cc(S)c(NCC(O)CO)cc1F. The molecule has 0 fully saturated rings. The molecule has 0 saturated heterocycles. The number of aliphatic hydroxyl groups excluding tert-OH is 2. The molecular formula is C10H14FNO2S. The van der Waals surface area contributed by atoms with E-state index in [1.807, 2.05) is 0 Å². The molecular weight excluding hydrogens is 217 g/mol. The maximum absolute atomic E-state index is 13.2. The fourth-order valence-electron chi connectivity index (χ4n) is 1.10. The second-order valence-corrected chi connectivity index (χ2v) is 3.82. The average Bonchev–Trinajstić information content (AvgIpc) is 2.21. The number of hydrogen-bond donors (Lipinski definition) is 4. The van der Waals surface area contributed by atoms with Gasteiger partial charge in [0.2, 0.25) is 0 Å². The fourth-order valence-corrected chi connectivity index (χ4v) is 1.44. The fraction of sp³-hybridized carbons (Fsp3) is 0.400. The third kappa shape index (κ3) is 3.37. The molecule has 5 heteroatoms. The molecule has 0 radical (unpaired) electrons. The standard InChI is InChI=1S/C10H14FNO2S/c1-6-2-10(15)9(3-8(6)11)12-4-7(14)5-13/h2-3,7,12-15H,4-5H2,1H3. The summed E-state index contributed by atoms with van der Waals surface area (Å²) in [6.07, 6.45) is -0.859. The summed E-state index contributed by atoms with van der Waals surface area (Å²) in [6.45, 7) is 1.48. The maximum atomic E-state index is 13.2. The van der Waals surface area contributed by atoms with Crippen LogP contribution in [0, 0.1) is 12.7 Å². The number of benzene rings is 1. The minimum atomic E-state index is -0.859. The third-order valence-electron chi connectivity index (χ3n) is 2.02. The molecule has 3 N–H and O–H groups in total. The van der Waals surface area contributed by atoms with Gasteiger partial charge in [-0.25, -0.2) is 4.39 Å². The van der Waals surface area contributed by atoms with Gasteiger partial charge in [-0.1, -0.05) is 0 Å². The van der Waals surface area contributed by atoms with Gasteiger partial charge in [-0.3, -0.25) is 0 Å². The molecule has 1 unspecified atom stereocenters. The second kappa shape index (κ2) is 5.34. The van der Waals surface area contributed by atoms with E-state index in [1.54, 1.807) is 13.0 Å². The van der Waals surface area contributed by atoms with Crippen molar-refractivity contribution >= 4 is 18.3 Å². The lowest BCUT2D eigenvalue weighted by Gasteiger charge is -2.12. The Kier molecular flexibility index (Phi) is 4.38. The number of anilines is 1. The molecule has 0 aliphatic rings. The van der Waals surface area contributed by atoms with Crippen LogP contribution in [0.4, 0.5) is 10.1 Å². The highest BCUT2D eigenvalue weighted by atomic mass is 32.1. The van der Waals surface area contributed by atoms with Gasteiger partial charge in [0.1, 0.15) is 5.82 Å². The predicted molar refractivity (Wildman–Crippen MR) is 60.0 cm³/mol. The van der Waals surface area contributed by atoms with Crippen LogP contribution < -0.4 is 5.32 Å². The van der Waals surface area contributed by atoms with E-state index in [1.165, 1.54) is 6.07 Å². The van der Waals surface area contributed by atoms with Crippen LogP contribution in [0.5, 0.6) is 0 Å². The van der Waals surface area contributed by atoms with E-state index in [4.69, 9.17) is 10.2 Å². The van der Waals surface area contributed by atoms with Crippen molar-refractivity contribution in [2.45, 2.75) is 17.9 Å². The molecule has 0 bridgehead atoms. The number of rotatable bonds is 4. The van der Waals surface area contributed by atoms with Crippen molar-refractivity contribution in [3.8, 4) is 0 Å². The Bertz CT molecular complexity index is 346. The first-order chi connectivity index (χ1) is 7.04. The number of thiol groups is 1. The van der Waals surface area contributed by atoms with Crippen LogP contribution >= 0.6 is 12.6 Å². The zero-order chi connectivity index (χ0) is 11.4. The van der Waals surface area contributed by atoms with Crippen LogP contribution in [-0.2, 0) is 0 Å². The monoisotopic (exact) mass is 231 g/mol. The van der Waals surface area contributed by atoms with Crippen LogP contribution in [0.25, 0.3) is 0 Å². The first-order valence-corrected chi connectivity index (χ1v) is 5.01. The van der Waals surface area contributed by atoms with Crippen molar-refractivity contribution in [3.05, 3.63) is 23.5 Å². The Hall–Kier alpha value is -0.780. The average molecular weight is 231 g/mol. The Labute approximate surface area is 93.4 Å². The maximum Gasteiger partial charge on any atom is 0.128 e. The van der Waals surface area contributed by atoms with Crippen molar-refractivity contribution in [2.75, 3.05) is 18.5 Å². The molecule has 1 rings (SSSR count). The zero-order valence-corrected chi connectivity index (χ0v) is 9.26. The van der Waals surface area contributed by atoms with Gasteiger partial charge in [-0.15, -0.1) is 12.6 Å². The van der Waals surface area contributed by atoms with E-state index in [-0.39, 0.29) is 19.0 Å². The highest BCUT2D eigenvalue weighted by molar-refractivity contribution is 7.80. The van der Waals surface area contributed by atoms with Crippen molar-refractivity contribution in [3.63, 3.8) is 0 Å². The smallest absolute Gasteiger partial charge is 0.128 e. The predicted octanol–water partition coefficient (Wildman–Crippen LogP) is 1.19. The van der Waals surface area contributed by atoms with Crippen LogP contribution in [0.15, 0.2) is 17.0 Å². The minimum absolute atomic E-state index is 0.159. The summed E-state index contributed by atoms with van der Waals surface area (Å²) in [7, 11) is 0.